The molecule has 1 fully saturated rings. The number of carbonyl (C=O) groups excluding carboxylic acids is 1. The summed E-state index contributed by atoms with van der Waals surface area (Å²) < 4.78 is 6.33. The van der Waals surface area contributed by atoms with Crippen molar-refractivity contribution >= 4 is 11.6 Å². The Morgan fingerprint density at radius 1 is 1.47 bits per heavy atom. The van der Waals surface area contributed by atoms with Gasteiger partial charge >= 0.3 is 5.97 Å². The number of aromatic nitrogens is 3. The fourth-order valence-electron chi connectivity index (χ4n) is 2.36. The summed E-state index contributed by atoms with van der Waals surface area (Å²) in [5.41, 5.74) is 1.22. The van der Waals surface area contributed by atoms with E-state index in [1.54, 1.807) is 22.8 Å². The van der Waals surface area contributed by atoms with Gasteiger partial charge in [-0.15, -0.1) is 5.10 Å². The molecule has 1 atom stereocenters. The van der Waals surface area contributed by atoms with E-state index in [1.807, 2.05) is 0 Å². The molecule has 1 aliphatic rings. The smallest absolute Gasteiger partial charge is 0.339 e. The van der Waals surface area contributed by atoms with Crippen molar-refractivity contribution in [2.45, 2.75) is 25.3 Å². The largest absolute Gasteiger partial charge is 0.465 e. The highest BCUT2D eigenvalue weighted by molar-refractivity contribution is 5.89. The number of piperidine rings is 1. The Labute approximate surface area is 110 Å². The zero-order valence-corrected chi connectivity index (χ0v) is 10.8. The highest BCUT2D eigenvalue weighted by Gasteiger charge is 2.19. The van der Waals surface area contributed by atoms with Crippen LogP contribution in [0.2, 0.25) is 0 Å². The van der Waals surface area contributed by atoms with Crippen LogP contribution < -0.4 is 5.32 Å². The van der Waals surface area contributed by atoms with Crippen molar-refractivity contribution in [1.29, 1.82) is 0 Å². The van der Waals surface area contributed by atoms with Crippen LogP contribution in [-0.2, 0) is 4.74 Å². The molecule has 1 saturated heterocycles. The number of pyridine rings is 1. The highest BCUT2D eigenvalue weighted by Crippen LogP contribution is 2.20. The first-order valence-electron chi connectivity index (χ1n) is 6.46. The van der Waals surface area contributed by atoms with Crippen molar-refractivity contribution in [1.82, 2.24) is 19.9 Å². The SMILES string of the molecule is COC(=O)c1ccc2nc(C3CCCCN3)nn2c1. The molecule has 19 heavy (non-hydrogen) atoms. The first kappa shape index (κ1) is 12.1. The second-order valence-corrected chi connectivity index (χ2v) is 4.68. The van der Waals surface area contributed by atoms with Crippen LogP contribution in [0.4, 0.5) is 0 Å². The van der Waals surface area contributed by atoms with Crippen molar-refractivity contribution in [3.05, 3.63) is 29.7 Å². The number of esters is 1. The molecular formula is C13H16N4O2. The van der Waals surface area contributed by atoms with Crippen molar-refractivity contribution in [2.75, 3.05) is 13.7 Å². The van der Waals surface area contributed by atoms with E-state index in [0.717, 1.165) is 24.4 Å². The number of nitrogens with zero attached hydrogens (tertiary/aromatic N) is 3. The van der Waals surface area contributed by atoms with Gasteiger partial charge < -0.3 is 10.1 Å². The average Bonchev–Trinajstić information content (AvgIpc) is 2.90. The fraction of sp³-hybridized carbons (Fsp3) is 0.462. The minimum Gasteiger partial charge on any atom is -0.465 e. The Kier molecular flexibility index (Phi) is 3.16. The van der Waals surface area contributed by atoms with Crippen LogP contribution in [0.1, 0.15) is 41.5 Å². The van der Waals surface area contributed by atoms with Crippen molar-refractivity contribution in [2.24, 2.45) is 0 Å². The summed E-state index contributed by atoms with van der Waals surface area (Å²) in [7, 11) is 1.37. The van der Waals surface area contributed by atoms with Gasteiger partial charge in [0.25, 0.3) is 0 Å². The summed E-state index contributed by atoms with van der Waals surface area (Å²) >= 11 is 0. The maximum Gasteiger partial charge on any atom is 0.339 e. The Morgan fingerprint density at radius 3 is 3.11 bits per heavy atom. The summed E-state index contributed by atoms with van der Waals surface area (Å²) in [6, 6.07) is 3.70. The predicted molar refractivity (Wildman–Crippen MR) is 68.9 cm³/mol. The Morgan fingerprint density at radius 2 is 2.37 bits per heavy atom. The molecule has 0 spiro atoms. The second-order valence-electron chi connectivity index (χ2n) is 4.68. The molecule has 6 nitrogen and oxygen atoms in total. The van der Waals surface area contributed by atoms with Crippen LogP contribution in [0, 0.1) is 0 Å². The Bertz CT molecular complexity index is 602. The molecule has 2 aromatic heterocycles. The summed E-state index contributed by atoms with van der Waals surface area (Å²) in [5, 5.41) is 7.86. The van der Waals surface area contributed by atoms with Crippen molar-refractivity contribution < 1.29 is 9.53 Å². The number of rotatable bonds is 2. The van der Waals surface area contributed by atoms with Crippen LogP contribution >= 0.6 is 0 Å². The van der Waals surface area contributed by atoms with Gasteiger partial charge in [0, 0.05) is 6.20 Å². The molecular weight excluding hydrogens is 244 g/mol. The minimum atomic E-state index is -0.366. The van der Waals surface area contributed by atoms with E-state index >= 15 is 0 Å². The fourth-order valence-corrected chi connectivity index (χ4v) is 2.36. The molecule has 1 N–H and O–H groups in total. The Hall–Kier alpha value is -1.95. The van der Waals surface area contributed by atoms with E-state index in [2.05, 4.69) is 15.4 Å². The third-order valence-electron chi connectivity index (χ3n) is 3.39. The number of hydrogen-bond acceptors (Lipinski definition) is 5. The van der Waals surface area contributed by atoms with E-state index in [4.69, 9.17) is 4.74 Å². The monoisotopic (exact) mass is 260 g/mol. The van der Waals surface area contributed by atoms with E-state index in [9.17, 15) is 4.79 Å². The van der Waals surface area contributed by atoms with Crippen LogP contribution in [0.5, 0.6) is 0 Å². The van der Waals surface area contributed by atoms with Gasteiger partial charge in [-0.1, -0.05) is 6.42 Å². The van der Waals surface area contributed by atoms with Crippen LogP contribution in [-0.4, -0.2) is 34.2 Å². The maximum atomic E-state index is 11.5. The normalized spacial score (nSPS) is 19.5. The molecule has 100 valence electrons. The number of methoxy groups -OCH3 is 1. The first-order chi connectivity index (χ1) is 9.28. The van der Waals surface area contributed by atoms with Gasteiger partial charge in [0.15, 0.2) is 11.5 Å². The average molecular weight is 260 g/mol. The Balaban J connectivity index is 1.93. The molecule has 1 unspecified atom stereocenters. The first-order valence-corrected chi connectivity index (χ1v) is 6.46. The molecule has 0 saturated carbocycles. The van der Waals surface area contributed by atoms with Gasteiger partial charge in [0.05, 0.1) is 18.7 Å². The molecule has 0 bridgehead atoms. The van der Waals surface area contributed by atoms with Crippen LogP contribution in [0.3, 0.4) is 0 Å². The zero-order valence-electron chi connectivity index (χ0n) is 10.8. The second kappa shape index (κ2) is 4.97. The number of hydrogen-bond donors (Lipinski definition) is 1. The number of nitrogens with one attached hydrogen (secondary N) is 1. The zero-order chi connectivity index (χ0) is 13.2. The topological polar surface area (TPSA) is 68.5 Å². The third-order valence-corrected chi connectivity index (χ3v) is 3.39. The van der Waals surface area contributed by atoms with Crippen LogP contribution in [0.15, 0.2) is 18.3 Å². The maximum absolute atomic E-state index is 11.5. The lowest BCUT2D eigenvalue weighted by Crippen LogP contribution is -2.27. The van der Waals surface area contributed by atoms with E-state index in [-0.39, 0.29) is 12.0 Å². The van der Waals surface area contributed by atoms with Gasteiger partial charge in [0.2, 0.25) is 0 Å². The molecule has 2 aromatic rings. The standard InChI is InChI=1S/C13H16N4O2/c1-19-13(18)9-5-6-11-15-12(16-17(11)8-9)10-4-2-3-7-14-10/h5-6,8,10,14H,2-4,7H2,1H3. The quantitative estimate of drug-likeness (QED) is 0.825. The molecule has 0 radical (unpaired) electrons. The molecule has 3 rings (SSSR count). The molecule has 3 heterocycles. The lowest BCUT2D eigenvalue weighted by Gasteiger charge is -2.20. The van der Waals surface area contributed by atoms with Crippen molar-refractivity contribution in [3.63, 3.8) is 0 Å². The molecule has 0 aliphatic carbocycles. The van der Waals surface area contributed by atoms with E-state index in [1.165, 1.54) is 20.0 Å². The molecule has 0 aromatic carbocycles. The van der Waals surface area contributed by atoms with Gasteiger partial charge in [-0.25, -0.2) is 14.3 Å². The van der Waals surface area contributed by atoms with Gasteiger partial charge in [-0.05, 0) is 31.5 Å². The summed E-state index contributed by atoms with van der Waals surface area (Å²) in [4.78, 5) is 16.0. The molecule has 1 aliphatic heterocycles. The molecule has 0 amide bonds. The van der Waals surface area contributed by atoms with Gasteiger partial charge in [-0.2, -0.15) is 0 Å². The number of carbonyl (C=O) groups is 1. The van der Waals surface area contributed by atoms with E-state index < -0.39 is 0 Å². The minimum absolute atomic E-state index is 0.218. The predicted octanol–water partition coefficient (Wildman–Crippen LogP) is 1.33. The van der Waals surface area contributed by atoms with Crippen molar-refractivity contribution in [3.8, 4) is 0 Å². The van der Waals surface area contributed by atoms with Gasteiger partial charge in [0.1, 0.15) is 0 Å². The third kappa shape index (κ3) is 2.31. The number of fused-ring (bicyclic) bond motifs is 1. The molecule has 6 heteroatoms. The highest BCUT2D eigenvalue weighted by atomic mass is 16.5. The number of ether oxygens (including phenoxy) is 1. The summed E-state index contributed by atoms with van der Waals surface area (Å²) in [6.45, 7) is 1.01. The van der Waals surface area contributed by atoms with E-state index in [0.29, 0.717) is 5.56 Å². The summed E-state index contributed by atoms with van der Waals surface area (Å²) in [6.07, 6.45) is 5.11. The lowest BCUT2D eigenvalue weighted by atomic mass is 10.0. The summed E-state index contributed by atoms with van der Waals surface area (Å²) in [5.74, 6) is 0.427. The van der Waals surface area contributed by atoms with Gasteiger partial charge in [-0.3, -0.25) is 0 Å². The van der Waals surface area contributed by atoms with Crippen LogP contribution in [0.25, 0.3) is 5.65 Å². The lowest BCUT2D eigenvalue weighted by molar-refractivity contribution is 0.0600.